The highest BCUT2D eigenvalue weighted by Gasteiger charge is 2.19. The maximum absolute atomic E-state index is 4.97. The number of rotatable bonds is 6. The minimum atomic E-state index is 0.647. The molecule has 1 heterocycles. The van der Waals surface area contributed by atoms with Crippen molar-refractivity contribution < 1.29 is 4.74 Å². The van der Waals surface area contributed by atoms with Gasteiger partial charge in [0.2, 0.25) is 5.95 Å². The average molecular weight is 208 g/mol. The Kier molecular flexibility index (Phi) is 3.34. The zero-order chi connectivity index (χ0) is 10.5. The third-order valence-electron chi connectivity index (χ3n) is 2.28. The number of hydrogen-bond donors (Lipinski definition) is 2. The first-order valence-corrected chi connectivity index (χ1v) is 5.22. The number of nitrogens with zero attached hydrogens (tertiary/aromatic N) is 2. The van der Waals surface area contributed by atoms with E-state index in [2.05, 4.69) is 20.6 Å². The van der Waals surface area contributed by atoms with Crippen molar-refractivity contribution in [3.05, 3.63) is 12.4 Å². The van der Waals surface area contributed by atoms with E-state index in [-0.39, 0.29) is 0 Å². The molecule has 15 heavy (non-hydrogen) atoms. The van der Waals surface area contributed by atoms with Crippen molar-refractivity contribution in [3.63, 3.8) is 0 Å². The molecule has 1 aromatic rings. The average Bonchev–Trinajstić information content (AvgIpc) is 3.09. The summed E-state index contributed by atoms with van der Waals surface area (Å²) in [7, 11) is 1.60. The van der Waals surface area contributed by atoms with Crippen molar-refractivity contribution in [2.75, 3.05) is 25.5 Å². The summed E-state index contributed by atoms with van der Waals surface area (Å²) in [5.41, 5.74) is 0. The second kappa shape index (κ2) is 4.93. The van der Waals surface area contributed by atoms with E-state index in [1.165, 1.54) is 12.8 Å². The van der Waals surface area contributed by atoms with E-state index >= 15 is 0 Å². The van der Waals surface area contributed by atoms with Gasteiger partial charge in [-0.2, -0.15) is 0 Å². The van der Waals surface area contributed by atoms with Gasteiger partial charge in [0.15, 0.2) is 5.75 Å². The molecule has 0 atom stereocenters. The fourth-order valence-electron chi connectivity index (χ4n) is 1.25. The van der Waals surface area contributed by atoms with E-state index in [4.69, 9.17) is 4.74 Å². The van der Waals surface area contributed by atoms with E-state index in [1.54, 1.807) is 19.5 Å². The number of hydrogen-bond acceptors (Lipinski definition) is 5. The first kappa shape index (κ1) is 10.2. The van der Waals surface area contributed by atoms with Crippen LogP contribution in [-0.2, 0) is 0 Å². The molecule has 2 N–H and O–H groups in total. The van der Waals surface area contributed by atoms with Crippen LogP contribution in [0.4, 0.5) is 5.95 Å². The van der Waals surface area contributed by atoms with Crippen LogP contribution in [0.15, 0.2) is 12.4 Å². The van der Waals surface area contributed by atoms with Gasteiger partial charge in [-0.15, -0.1) is 0 Å². The van der Waals surface area contributed by atoms with Gasteiger partial charge in [0.05, 0.1) is 19.5 Å². The second-order valence-corrected chi connectivity index (χ2v) is 3.60. The molecule has 1 aliphatic carbocycles. The van der Waals surface area contributed by atoms with E-state index in [0.29, 0.717) is 11.7 Å². The minimum absolute atomic E-state index is 0.647. The Hall–Kier alpha value is -1.36. The first-order chi connectivity index (χ1) is 7.38. The quantitative estimate of drug-likeness (QED) is 0.672. The van der Waals surface area contributed by atoms with Crippen molar-refractivity contribution in [2.45, 2.75) is 18.9 Å². The molecule has 5 heteroatoms. The number of aromatic nitrogens is 2. The Morgan fingerprint density at radius 2 is 2.07 bits per heavy atom. The maximum Gasteiger partial charge on any atom is 0.222 e. The van der Waals surface area contributed by atoms with Gasteiger partial charge in [0, 0.05) is 19.1 Å². The summed E-state index contributed by atoms with van der Waals surface area (Å²) in [6, 6.07) is 0.753. The predicted molar refractivity (Wildman–Crippen MR) is 58.1 cm³/mol. The zero-order valence-corrected chi connectivity index (χ0v) is 8.86. The van der Waals surface area contributed by atoms with E-state index < -0.39 is 0 Å². The van der Waals surface area contributed by atoms with Gasteiger partial charge in [-0.1, -0.05) is 0 Å². The lowest BCUT2D eigenvalue weighted by Crippen LogP contribution is -2.24. The molecule has 5 nitrogen and oxygen atoms in total. The molecule has 1 aromatic heterocycles. The summed E-state index contributed by atoms with van der Waals surface area (Å²) >= 11 is 0. The van der Waals surface area contributed by atoms with Gasteiger partial charge >= 0.3 is 0 Å². The van der Waals surface area contributed by atoms with Gasteiger partial charge in [0.25, 0.3) is 0 Å². The van der Waals surface area contributed by atoms with E-state index in [9.17, 15) is 0 Å². The first-order valence-electron chi connectivity index (χ1n) is 5.22. The molecule has 1 fully saturated rings. The number of anilines is 1. The maximum atomic E-state index is 4.97. The third-order valence-corrected chi connectivity index (χ3v) is 2.28. The summed E-state index contributed by atoms with van der Waals surface area (Å²) < 4.78 is 4.97. The molecule has 0 saturated heterocycles. The summed E-state index contributed by atoms with van der Waals surface area (Å²) in [4.78, 5) is 8.21. The molecule has 0 unspecified atom stereocenters. The molecule has 2 rings (SSSR count). The number of ether oxygens (including phenoxy) is 1. The van der Waals surface area contributed by atoms with Gasteiger partial charge in [0.1, 0.15) is 0 Å². The lowest BCUT2D eigenvalue weighted by Gasteiger charge is -2.05. The lowest BCUT2D eigenvalue weighted by atomic mass is 10.5. The molecule has 0 radical (unpaired) electrons. The fraction of sp³-hybridized carbons (Fsp3) is 0.600. The van der Waals surface area contributed by atoms with Crippen LogP contribution in [0, 0.1) is 0 Å². The number of nitrogens with one attached hydrogen (secondary N) is 2. The molecule has 82 valence electrons. The van der Waals surface area contributed by atoms with Crippen LogP contribution in [-0.4, -0.2) is 36.2 Å². The summed E-state index contributed by atoms with van der Waals surface area (Å²) in [5, 5.41) is 6.55. The van der Waals surface area contributed by atoms with Crippen LogP contribution in [0.25, 0.3) is 0 Å². The summed E-state index contributed by atoms with van der Waals surface area (Å²) in [5.74, 6) is 1.32. The Balaban J connectivity index is 1.67. The summed E-state index contributed by atoms with van der Waals surface area (Å²) in [6.45, 7) is 1.81. The molecule has 0 amide bonds. The molecule has 0 spiro atoms. The van der Waals surface area contributed by atoms with Crippen LogP contribution in [0.2, 0.25) is 0 Å². The molecular formula is C10H16N4O. The van der Waals surface area contributed by atoms with E-state index in [1.807, 2.05) is 0 Å². The van der Waals surface area contributed by atoms with Gasteiger partial charge in [-0.3, -0.25) is 0 Å². The SMILES string of the molecule is COc1cnc(NCCNC2CC2)nc1. The van der Waals surface area contributed by atoms with Gasteiger partial charge < -0.3 is 15.4 Å². The third kappa shape index (κ3) is 3.36. The Morgan fingerprint density at radius 3 is 2.67 bits per heavy atom. The minimum Gasteiger partial charge on any atom is -0.494 e. The highest BCUT2D eigenvalue weighted by molar-refractivity contribution is 5.26. The Labute approximate surface area is 89.3 Å². The largest absolute Gasteiger partial charge is 0.494 e. The molecule has 0 aromatic carbocycles. The molecule has 0 bridgehead atoms. The van der Waals surface area contributed by atoms with Crippen LogP contribution in [0.1, 0.15) is 12.8 Å². The monoisotopic (exact) mass is 208 g/mol. The predicted octanol–water partition coefficient (Wildman–Crippen LogP) is 0.649. The Morgan fingerprint density at radius 1 is 1.33 bits per heavy atom. The van der Waals surface area contributed by atoms with Crippen molar-refractivity contribution in [1.29, 1.82) is 0 Å². The normalized spacial score (nSPS) is 15.0. The molecule has 1 aliphatic rings. The number of methoxy groups -OCH3 is 1. The standard InChI is InChI=1S/C10H16N4O/c1-15-9-6-13-10(14-7-9)12-5-4-11-8-2-3-8/h6-8,11H,2-5H2,1H3,(H,12,13,14). The zero-order valence-electron chi connectivity index (χ0n) is 8.86. The van der Waals surface area contributed by atoms with Crippen molar-refractivity contribution in [1.82, 2.24) is 15.3 Å². The molecule has 1 saturated carbocycles. The Bertz CT molecular complexity index is 297. The van der Waals surface area contributed by atoms with Crippen molar-refractivity contribution in [2.24, 2.45) is 0 Å². The smallest absolute Gasteiger partial charge is 0.222 e. The van der Waals surface area contributed by atoms with Crippen molar-refractivity contribution in [3.8, 4) is 5.75 Å². The van der Waals surface area contributed by atoms with Crippen molar-refractivity contribution >= 4 is 5.95 Å². The lowest BCUT2D eigenvalue weighted by molar-refractivity contribution is 0.411. The highest BCUT2D eigenvalue weighted by Crippen LogP contribution is 2.17. The fourth-order valence-corrected chi connectivity index (χ4v) is 1.25. The van der Waals surface area contributed by atoms with E-state index in [0.717, 1.165) is 19.1 Å². The molecular weight excluding hydrogens is 192 g/mol. The van der Waals surface area contributed by atoms with Gasteiger partial charge in [-0.05, 0) is 12.8 Å². The highest BCUT2D eigenvalue weighted by atomic mass is 16.5. The summed E-state index contributed by atoms with van der Waals surface area (Å²) in [6.07, 6.45) is 5.95. The second-order valence-electron chi connectivity index (χ2n) is 3.60. The van der Waals surface area contributed by atoms with Crippen LogP contribution < -0.4 is 15.4 Å². The van der Waals surface area contributed by atoms with Crippen LogP contribution in [0.5, 0.6) is 5.75 Å². The van der Waals surface area contributed by atoms with Crippen LogP contribution >= 0.6 is 0 Å². The topological polar surface area (TPSA) is 59.1 Å². The van der Waals surface area contributed by atoms with Gasteiger partial charge in [-0.25, -0.2) is 9.97 Å². The molecule has 0 aliphatic heterocycles. The van der Waals surface area contributed by atoms with Crippen LogP contribution in [0.3, 0.4) is 0 Å².